The summed E-state index contributed by atoms with van der Waals surface area (Å²) in [5.74, 6) is 0.535. The molecule has 0 amide bonds. The van der Waals surface area contributed by atoms with E-state index in [0.29, 0.717) is 0 Å². The number of aryl methyl sites for hydroxylation is 2. The minimum absolute atomic E-state index is 0.213. The van der Waals surface area contributed by atoms with E-state index in [1.807, 2.05) is 6.07 Å². The van der Waals surface area contributed by atoms with Crippen molar-refractivity contribution in [1.82, 2.24) is 10.2 Å². The lowest BCUT2D eigenvalue weighted by Gasteiger charge is -2.05. The van der Waals surface area contributed by atoms with Crippen LogP contribution in [0.25, 0.3) is 0 Å². The summed E-state index contributed by atoms with van der Waals surface area (Å²) in [6.07, 6.45) is 0. The topological polar surface area (TPSA) is 37.8 Å². The number of benzene rings is 2. The number of aromatic nitrogens is 2. The number of hydrogen-bond donors (Lipinski definition) is 1. The molecule has 118 valence electrons. The van der Waals surface area contributed by atoms with Crippen LogP contribution in [-0.2, 0) is 5.75 Å². The predicted octanol–water partition coefficient (Wildman–Crippen LogP) is 5.33. The number of rotatable bonds is 5. The maximum absolute atomic E-state index is 12.9. The van der Waals surface area contributed by atoms with Gasteiger partial charge in [-0.15, -0.1) is 10.2 Å². The highest BCUT2D eigenvalue weighted by molar-refractivity contribution is 8.00. The molecular formula is C17H16FN3S2. The van der Waals surface area contributed by atoms with Gasteiger partial charge in [-0.05, 0) is 54.8 Å². The zero-order valence-corrected chi connectivity index (χ0v) is 14.5. The first kappa shape index (κ1) is 16.0. The first-order valence-corrected chi connectivity index (χ1v) is 8.95. The molecule has 23 heavy (non-hydrogen) atoms. The summed E-state index contributed by atoms with van der Waals surface area (Å²) >= 11 is 3.11. The Kier molecular flexibility index (Phi) is 4.93. The van der Waals surface area contributed by atoms with Gasteiger partial charge in [-0.3, -0.25) is 0 Å². The maximum Gasteiger partial charge on any atom is 0.210 e. The Morgan fingerprint density at radius 3 is 2.57 bits per heavy atom. The number of anilines is 2. The Balaban J connectivity index is 1.61. The first-order chi connectivity index (χ1) is 11.1. The molecule has 2 aromatic carbocycles. The fraction of sp³-hybridized carbons (Fsp3) is 0.176. The molecule has 1 aromatic heterocycles. The quantitative estimate of drug-likeness (QED) is 0.634. The molecule has 1 N–H and O–H groups in total. The van der Waals surface area contributed by atoms with E-state index >= 15 is 0 Å². The molecule has 0 aliphatic rings. The van der Waals surface area contributed by atoms with E-state index in [2.05, 4.69) is 41.5 Å². The van der Waals surface area contributed by atoms with Gasteiger partial charge in [0.2, 0.25) is 5.13 Å². The average Bonchev–Trinajstić information content (AvgIpc) is 2.98. The largest absolute Gasteiger partial charge is 0.330 e. The van der Waals surface area contributed by atoms with E-state index < -0.39 is 0 Å². The van der Waals surface area contributed by atoms with Crippen LogP contribution in [0.15, 0.2) is 46.8 Å². The van der Waals surface area contributed by atoms with Gasteiger partial charge in [0, 0.05) is 11.4 Å². The smallest absolute Gasteiger partial charge is 0.210 e. The molecule has 0 unspecified atom stereocenters. The van der Waals surface area contributed by atoms with Crippen LogP contribution in [0.1, 0.15) is 16.7 Å². The van der Waals surface area contributed by atoms with Crippen molar-refractivity contribution >= 4 is 33.9 Å². The first-order valence-electron chi connectivity index (χ1n) is 7.15. The molecule has 0 saturated carbocycles. The number of nitrogens with one attached hydrogen (secondary N) is 1. The van der Waals surface area contributed by atoms with Crippen LogP contribution in [0.5, 0.6) is 0 Å². The van der Waals surface area contributed by atoms with Crippen LogP contribution >= 0.6 is 23.1 Å². The third-order valence-corrected chi connectivity index (χ3v) is 5.48. The number of hydrogen-bond acceptors (Lipinski definition) is 5. The van der Waals surface area contributed by atoms with Gasteiger partial charge in [-0.2, -0.15) is 0 Å². The van der Waals surface area contributed by atoms with Crippen molar-refractivity contribution in [2.75, 3.05) is 5.32 Å². The number of thioether (sulfide) groups is 1. The van der Waals surface area contributed by atoms with Gasteiger partial charge in [-0.1, -0.05) is 41.3 Å². The van der Waals surface area contributed by atoms with Crippen molar-refractivity contribution in [3.8, 4) is 0 Å². The monoisotopic (exact) mass is 345 g/mol. The van der Waals surface area contributed by atoms with Gasteiger partial charge in [0.15, 0.2) is 4.34 Å². The predicted molar refractivity (Wildman–Crippen MR) is 95.1 cm³/mol. The molecule has 0 atom stereocenters. The highest BCUT2D eigenvalue weighted by Crippen LogP contribution is 2.30. The van der Waals surface area contributed by atoms with Crippen LogP contribution in [-0.4, -0.2) is 10.2 Å². The normalized spacial score (nSPS) is 10.7. The van der Waals surface area contributed by atoms with Crippen LogP contribution in [0.3, 0.4) is 0 Å². The maximum atomic E-state index is 12.9. The molecule has 0 radical (unpaired) electrons. The summed E-state index contributed by atoms with van der Waals surface area (Å²) in [5, 5.41) is 12.4. The van der Waals surface area contributed by atoms with Crippen molar-refractivity contribution in [2.24, 2.45) is 0 Å². The van der Waals surface area contributed by atoms with Gasteiger partial charge in [-0.25, -0.2) is 4.39 Å². The molecule has 6 heteroatoms. The van der Waals surface area contributed by atoms with Gasteiger partial charge in [0.25, 0.3) is 0 Å². The van der Waals surface area contributed by atoms with Gasteiger partial charge in [0.05, 0.1) is 0 Å². The van der Waals surface area contributed by atoms with Gasteiger partial charge >= 0.3 is 0 Å². The Labute approximate surface area is 143 Å². The molecule has 3 rings (SSSR count). The minimum Gasteiger partial charge on any atom is -0.330 e. The van der Waals surface area contributed by atoms with Crippen molar-refractivity contribution in [3.63, 3.8) is 0 Å². The summed E-state index contributed by atoms with van der Waals surface area (Å²) in [6.45, 7) is 4.18. The van der Waals surface area contributed by atoms with Crippen LogP contribution in [0, 0.1) is 19.7 Å². The van der Waals surface area contributed by atoms with Crippen molar-refractivity contribution in [3.05, 3.63) is 65.0 Å². The second-order valence-electron chi connectivity index (χ2n) is 5.21. The molecule has 0 spiro atoms. The van der Waals surface area contributed by atoms with E-state index in [1.54, 1.807) is 23.9 Å². The molecule has 0 aliphatic carbocycles. The van der Waals surface area contributed by atoms with E-state index in [4.69, 9.17) is 0 Å². The highest BCUT2D eigenvalue weighted by Gasteiger charge is 2.06. The second kappa shape index (κ2) is 7.10. The molecular weight excluding hydrogens is 329 g/mol. The Morgan fingerprint density at radius 1 is 1.04 bits per heavy atom. The lowest BCUT2D eigenvalue weighted by Crippen LogP contribution is -1.91. The summed E-state index contributed by atoms with van der Waals surface area (Å²) in [7, 11) is 0. The third-order valence-electron chi connectivity index (χ3n) is 3.44. The molecule has 0 aliphatic heterocycles. The second-order valence-corrected chi connectivity index (χ2v) is 7.41. The van der Waals surface area contributed by atoms with E-state index in [0.717, 1.165) is 26.5 Å². The van der Waals surface area contributed by atoms with Crippen LogP contribution < -0.4 is 5.32 Å². The van der Waals surface area contributed by atoms with Crippen LogP contribution in [0.4, 0.5) is 15.2 Å². The fourth-order valence-corrected chi connectivity index (χ4v) is 3.71. The zero-order chi connectivity index (χ0) is 16.2. The summed E-state index contributed by atoms with van der Waals surface area (Å²) < 4.78 is 13.8. The summed E-state index contributed by atoms with van der Waals surface area (Å²) in [4.78, 5) is 0. The van der Waals surface area contributed by atoms with Gasteiger partial charge < -0.3 is 5.32 Å². The summed E-state index contributed by atoms with van der Waals surface area (Å²) in [5.41, 5.74) is 4.59. The lowest BCUT2D eigenvalue weighted by molar-refractivity contribution is 0.627. The van der Waals surface area contributed by atoms with E-state index in [-0.39, 0.29) is 5.82 Å². The SMILES string of the molecule is Cc1ccc(Nc2nnc(SCc3ccc(F)cc3)s2)cc1C. The van der Waals surface area contributed by atoms with Crippen molar-refractivity contribution in [1.29, 1.82) is 0 Å². The van der Waals surface area contributed by atoms with Crippen molar-refractivity contribution < 1.29 is 4.39 Å². The number of nitrogens with zero attached hydrogens (tertiary/aromatic N) is 2. The Hall–Kier alpha value is -1.92. The summed E-state index contributed by atoms with van der Waals surface area (Å²) in [6, 6.07) is 12.8. The number of halogens is 1. The zero-order valence-electron chi connectivity index (χ0n) is 12.8. The van der Waals surface area contributed by atoms with Gasteiger partial charge in [0.1, 0.15) is 5.82 Å². The fourth-order valence-electron chi connectivity index (χ4n) is 1.99. The molecule has 1 heterocycles. The standard InChI is InChI=1S/C17H16FN3S2/c1-11-3-8-15(9-12(11)2)19-16-20-21-17(23-16)22-10-13-4-6-14(18)7-5-13/h3-9H,10H2,1-2H3,(H,19,20). The molecule has 0 fully saturated rings. The van der Waals surface area contributed by atoms with Crippen LogP contribution in [0.2, 0.25) is 0 Å². The highest BCUT2D eigenvalue weighted by atomic mass is 32.2. The van der Waals surface area contributed by atoms with E-state index in [9.17, 15) is 4.39 Å². The Morgan fingerprint density at radius 2 is 1.83 bits per heavy atom. The Bertz CT molecular complexity index is 800. The molecule has 3 nitrogen and oxygen atoms in total. The lowest BCUT2D eigenvalue weighted by atomic mass is 10.1. The van der Waals surface area contributed by atoms with E-state index in [1.165, 1.54) is 34.6 Å². The van der Waals surface area contributed by atoms with Crippen molar-refractivity contribution in [2.45, 2.75) is 23.9 Å². The minimum atomic E-state index is -0.213. The third kappa shape index (κ3) is 4.30. The average molecular weight is 345 g/mol. The molecule has 3 aromatic rings. The molecule has 0 bridgehead atoms. The molecule has 0 saturated heterocycles.